The largest absolute Gasteiger partial charge is 0.370 e. The van der Waals surface area contributed by atoms with Crippen molar-refractivity contribution in [2.24, 2.45) is 10.7 Å². The Morgan fingerprint density at radius 2 is 2.47 bits per heavy atom. The first-order valence-electron chi connectivity index (χ1n) is 7.30. The maximum atomic E-state index is 7.93. The van der Waals surface area contributed by atoms with E-state index in [4.69, 9.17) is 19.4 Å². The maximum absolute atomic E-state index is 7.93. The number of aliphatic imine (C=N–C) groups is 1. The smallest absolute Gasteiger partial charge is 0.194 e. The molecule has 0 aromatic heterocycles. The molecule has 1 aromatic carbocycles. The van der Waals surface area contributed by atoms with Crippen LogP contribution in [-0.4, -0.2) is 18.3 Å². The van der Waals surface area contributed by atoms with Crippen molar-refractivity contribution in [1.82, 2.24) is 5.32 Å². The predicted molar refractivity (Wildman–Crippen MR) is 63.2 cm³/mol. The van der Waals surface area contributed by atoms with Crippen LogP contribution >= 0.6 is 0 Å². The van der Waals surface area contributed by atoms with Crippen molar-refractivity contribution < 1.29 is 8.22 Å². The zero-order valence-electron chi connectivity index (χ0n) is 14.3. The third-order valence-corrected chi connectivity index (χ3v) is 1.32. The molecule has 4 nitrogen and oxygen atoms in total. The lowest BCUT2D eigenvalue weighted by Gasteiger charge is -2.02. The fourth-order valence-corrected chi connectivity index (χ4v) is 0.793. The van der Waals surface area contributed by atoms with E-state index in [0.29, 0.717) is 0 Å². The van der Waals surface area contributed by atoms with E-state index in [9.17, 15) is 0 Å². The molecule has 0 radical (unpaired) electrons. The molecule has 0 fully saturated rings. The first-order chi connectivity index (χ1) is 9.56. The molecule has 1 atom stereocenters. The van der Waals surface area contributed by atoms with Gasteiger partial charge >= 0.3 is 0 Å². The lowest BCUT2D eigenvalue weighted by atomic mass is 10.2. The van der Waals surface area contributed by atoms with Crippen LogP contribution in [0.3, 0.4) is 0 Å². The highest BCUT2D eigenvalue weighted by Crippen LogP contribution is 1.98. The number of hydrogen-bond donors (Lipinski definition) is 3. The Hall–Kier alpha value is -1.84. The first kappa shape index (κ1) is 5.30. The van der Waals surface area contributed by atoms with E-state index in [1.807, 2.05) is 0 Å². The Balaban J connectivity index is 3.20. The van der Waals surface area contributed by atoms with Gasteiger partial charge in [0.15, 0.2) is 5.96 Å². The molecule has 0 bridgehead atoms. The Kier molecular flexibility index (Phi) is 2.05. The number of hydrogen-bond acceptors (Lipinski definition) is 2. The van der Waals surface area contributed by atoms with Crippen LogP contribution in [0.1, 0.15) is 20.7 Å². The zero-order chi connectivity index (χ0) is 16.4. The van der Waals surface area contributed by atoms with Gasteiger partial charge in [0, 0.05) is 7.87 Å². The van der Waals surface area contributed by atoms with E-state index < -0.39 is 12.9 Å². The molecule has 0 heterocycles. The number of nitrogens with two attached hydrogens (primary N) is 1. The van der Waals surface area contributed by atoms with Crippen LogP contribution in [0.4, 0.5) is 0 Å². The second-order valence-corrected chi connectivity index (χ2v) is 2.68. The number of rotatable bonds is 3. The summed E-state index contributed by atoms with van der Waals surface area (Å²) in [5, 5.41) is 9.48. The van der Waals surface area contributed by atoms with Gasteiger partial charge in [0.2, 0.25) is 0 Å². The first-order valence-corrected chi connectivity index (χ1v) is 4.22. The molecule has 0 aliphatic carbocycles. The highest BCUT2D eigenvalue weighted by molar-refractivity contribution is 5.96. The number of nitrogens with one attached hydrogen (secondary N) is 2. The van der Waals surface area contributed by atoms with Gasteiger partial charge in [-0.2, -0.15) is 0 Å². The fraction of sp³-hybridized carbons (Fsp3) is 0.273. The minimum Gasteiger partial charge on any atom is -0.370 e. The second-order valence-electron chi connectivity index (χ2n) is 2.68. The summed E-state index contributed by atoms with van der Waals surface area (Å²) in [6, 6.07) is 1.70. The van der Waals surface area contributed by atoms with Crippen LogP contribution in [0.2, 0.25) is 0 Å². The van der Waals surface area contributed by atoms with Crippen molar-refractivity contribution >= 4 is 11.8 Å². The van der Waals surface area contributed by atoms with Gasteiger partial charge in [0.25, 0.3) is 0 Å². The molecular formula is C11H16N4. The Bertz CT molecular complexity index is 586. The summed E-state index contributed by atoms with van der Waals surface area (Å²) >= 11 is 0. The number of guanidine groups is 1. The van der Waals surface area contributed by atoms with E-state index in [1.54, 1.807) is 0 Å². The lowest BCUT2D eigenvalue weighted by Crippen LogP contribution is -2.35. The Morgan fingerprint density at radius 3 is 3.20 bits per heavy atom. The molecule has 80 valence electrons. The summed E-state index contributed by atoms with van der Waals surface area (Å²) in [5.74, 6) is -0.408. The van der Waals surface area contributed by atoms with E-state index in [2.05, 4.69) is 10.3 Å². The van der Waals surface area contributed by atoms with E-state index >= 15 is 0 Å². The number of nitrogens with zero attached hydrogens (tertiary/aromatic N) is 1. The average Bonchev–Trinajstić information content (AvgIpc) is 2.32. The molecule has 0 spiro atoms. The van der Waals surface area contributed by atoms with Crippen molar-refractivity contribution in [1.29, 1.82) is 5.41 Å². The fourth-order valence-electron chi connectivity index (χ4n) is 0.793. The highest BCUT2D eigenvalue weighted by atomic mass is 15.1. The van der Waals surface area contributed by atoms with Gasteiger partial charge in [-0.3, -0.25) is 10.4 Å². The normalized spacial score (nSPS) is 19.9. The molecule has 0 saturated heterocycles. The lowest BCUT2D eigenvalue weighted by molar-refractivity contribution is 0.955. The minimum atomic E-state index is -2.51. The van der Waals surface area contributed by atoms with E-state index in [-0.39, 0.29) is 35.5 Å². The van der Waals surface area contributed by atoms with Crippen LogP contribution in [0.5, 0.6) is 0 Å². The van der Waals surface area contributed by atoms with Gasteiger partial charge in [-0.1, -0.05) is 30.3 Å². The van der Waals surface area contributed by atoms with Gasteiger partial charge in [0.05, 0.1) is 12.7 Å². The van der Waals surface area contributed by atoms with Crippen molar-refractivity contribution in [2.75, 3.05) is 6.50 Å². The summed E-state index contributed by atoms with van der Waals surface area (Å²) in [6.45, 7) is -1.12. The molecule has 4 heteroatoms. The number of amidine groups is 1. The third-order valence-electron chi connectivity index (χ3n) is 1.32. The van der Waals surface area contributed by atoms with Crippen molar-refractivity contribution in [3.8, 4) is 0 Å². The molecule has 0 saturated carbocycles. The zero-order valence-corrected chi connectivity index (χ0v) is 8.26. The summed E-state index contributed by atoms with van der Waals surface area (Å²) in [6.07, 6.45) is -1.69. The van der Waals surface area contributed by atoms with Gasteiger partial charge in [-0.15, -0.1) is 0 Å². The van der Waals surface area contributed by atoms with Crippen LogP contribution in [0, 0.1) is 5.41 Å². The molecule has 1 unspecified atom stereocenters. The molecule has 0 amide bonds. The van der Waals surface area contributed by atoms with Crippen molar-refractivity contribution in [3.05, 3.63) is 35.8 Å². The van der Waals surface area contributed by atoms with Gasteiger partial charge in [-0.25, -0.2) is 0 Å². The van der Waals surface area contributed by atoms with Gasteiger partial charge in [-0.05, 0) is 18.9 Å². The molecule has 1 rings (SSSR count). The molecule has 0 aliphatic rings. The Morgan fingerprint density at radius 1 is 1.67 bits per heavy atom. The standard InChI is InChI=1S/C11H16N4/c1-9(12)15-11(13)14-8-7-10-5-3-2-4-6-10/h2-6H,7-8H2,1H3,(H4,12,13,14,15)/i3D,5D,6D,7D,8D2. The molecule has 1 aromatic rings. The van der Waals surface area contributed by atoms with Crippen LogP contribution < -0.4 is 11.1 Å². The van der Waals surface area contributed by atoms with Gasteiger partial charge in [0.1, 0.15) is 0 Å². The van der Waals surface area contributed by atoms with Crippen molar-refractivity contribution in [2.45, 2.75) is 13.3 Å². The minimum absolute atomic E-state index is 0.0379. The van der Waals surface area contributed by atoms with Crippen LogP contribution in [0.25, 0.3) is 0 Å². The quantitative estimate of drug-likeness (QED) is 0.517. The average molecular weight is 210 g/mol. The summed E-state index contributed by atoms with van der Waals surface area (Å²) < 4.78 is 46.4. The summed E-state index contributed by atoms with van der Waals surface area (Å²) in [7, 11) is 0. The van der Waals surface area contributed by atoms with E-state index in [1.165, 1.54) is 19.1 Å². The predicted octanol–water partition coefficient (Wildman–Crippen LogP) is 1.13. The summed E-state index contributed by atoms with van der Waals surface area (Å²) in [4.78, 5) is 3.50. The molecule has 0 aliphatic heterocycles. The van der Waals surface area contributed by atoms with Crippen LogP contribution in [0.15, 0.2) is 35.3 Å². The SMILES string of the molecule is [2H]c1ccc([2H])c(C([2H])C([2H])([2H])N=C(N)NC(C)=N)c1[2H]. The molecular weight excluding hydrogens is 188 g/mol. The topological polar surface area (TPSA) is 74.3 Å². The Labute approximate surface area is 98.2 Å². The third kappa shape index (κ3) is 4.81. The highest BCUT2D eigenvalue weighted by Gasteiger charge is 1.92. The molecule has 15 heavy (non-hydrogen) atoms. The second kappa shape index (κ2) is 5.80. The number of benzene rings is 1. The maximum Gasteiger partial charge on any atom is 0.194 e. The van der Waals surface area contributed by atoms with Crippen LogP contribution in [-0.2, 0) is 6.40 Å². The van der Waals surface area contributed by atoms with E-state index in [0.717, 1.165) is 0 Å². The van der Waals surface area contributed by atoms with Gasteiger partial charge < -0.3 is 11.1 Å². The molecule has 4 N–H and O–H groups in total. The van der Waals surface area contributed by atoms with Crippen molar-refractivity contribution in [3.63, 3.8) is 0 Å². The summed E-state index contributed by atoms with van der Waals surface area (Å²) in [5.41, 5.74) is 5.20. The monoisotopic (exact) mass is 210 g/mol.